The van der Waals surface area contributed by atoms with Crippen molar-refractivity contribution in [3.8, 4) is 11.1 Å². The van der Waals surface area contributed by atoms with Gasteiger partial charge in [0.25, 0.3) is 0 Å². The molecule has 206 valence electrons. The summed E-state index contributed by atoms with van der Waals surface area (Å²) < 4.78 is 6.44. The average Bonchev–Trinajstić information content (AvgIpc) is 3.48. The van der Waals surface area contributed by atoms with Crippen LogP contribution in [0.1, 0.15) is 0 Å². The van der Waals surface area contributed by atoms with E-state index in [9.17, 15) is 0 Å². The van der Waals surface area contributed by atoms with Crippen LogP contribution in [0.4, 0.5) is 17.1 Å². The Kier molecular flexibility index (Phi) is 5.50. The van der Waals surface area contributed by atoms with E-state index in [2.05, 4.69) is 143 Å². The molecular weight excluding hydrogens is 536 g/mol. The van der Waals surface area contributed by atoms with E-state index in [0.717, 1.165) is 39.0 Å². The maximum atomic E-state index is 6.44. The highest BCUT2D eigenvalue weighted by atomic mass is 16.3. The summed E-state index contributed by atoms with van der Waals surface area (Å²) in [6, 6.07) is 51.9. The highest BCUT2D eigenvalue weighted by molar-refractivity contribution is 6.23. The van der Waals surface area contributed by atoms with Crippen LogP contribution < -0.4 is 4.90 Å². The number of hydrogen-bond acceptors (Lipinski definition) is 3. The highest BCUT2D eigenvalue weighted by Crippen LogP contribution is 2.43. The van der Waals surface area contributed by atoms with E-state index < -0.39 is 0 Å². The molecule has 9 aromatic rings. The van der Waals surface area contributed by atoms with E-state index in [1.54, 1.807) is 6.20 Å². The normalized spacial score (nSPS) is 11.6. The lowest BCUT2D eigenvalue weighted by Crippen LogP contribution is -2.10. The first-order valence-corrected chi connectivity index (χ1v) is 14.9. The van der Waals surface area contributed by atoms with Gasteiger partial charge in [-0.15, -0.1) is 0 Å². The molecule has 2 heterocycles. The smallest absolute Gasteiger partial charge is 0.159 e. The van der Waals surface area contributed by atoms with Gasteiger partial charge in [0, 0.05) is 34.5 Å². The third kappa shape index (κ3) is 3.80. The number of anilines is 3. The standard InChI is InChI=1S/C41H26N2O/c1-2-10-30(11-3-1)43(38-16-8-15-35-37-26-42-24-23-39(37)44-41(35)38)31-21-19-28(20-22-31)36-25-29-18-17-27-9-4-5-12-32(27)40(29)34-14-7-6-13-33(34)36/h1-26H. The third-order valence-electron chi connectivity index (χ3n) is 8.72. The summed E-state index contributed by atoms with van der Waals surface area (Å²) in [6.07, 6.45) is 3.65. The van der Waals surface area contributed by atoms with Crippen molar-refractivity contribution in [1.82, 2.24) is 4.98 Å². The van der Waals surface area contributed by atoms with Crippen LogP contribution in [0, 0.1) is 0 Å². The number of rotatable bonds is 4. The molecule has 0 fully saturated rings. The Morgan fingerprint density at radius 2 is 1.20 bits per heavy atom. The van der Waals surface area contributed by atoms with E-state index in [1.165, 1.54) is 43.4 Å². The van der Waals surface area contributed by atoms with Gasteiger partial charge in [-0.1, -0.05) is 103 Å². The van der Waals surface area contributed by atoms with Gasteiger partial charge in [0.2, 0.25) is 0 Å². The molecule has 7 aromatic carbocycles. The number of aromatic nitrogens is 1. The summed E-state index contributed by atoms with van der Waals surface area (Å²) in [5.41, 5.74) is 7.20. The highest BCUT2D eigenvalue weighted by Gasteiger charge is 2.19. The molecule has 3 heteroatoms. The molecule has 0 spiro atoms. The molecule has 0 atom stereocenters. The van der Waals surface area contributed by atoms with Gasteiger partial charge in [0.05, 0.1) is 5.69 Å². The topological polar surface area (TPSA) is 29.3 Å². The zero-order chi connectivity index (χ0) is 29.0. The van der Waals surface area contributed by atoms with Crippen molar-refractivity contribution in [1.29, 1.82) is 0 Å². The van der Waals surface area contributed by atoms with Gasteiger partial charge >= 0.3 is 0 Å². The Morgan fingerprint density at radius 3 is 2.07 bits per heavy atom. The van der Waals surface area contributed by atoms with Crippen molar-refractivity contribution >= 4 is 71.3 Å². The number of pyridine rings is 1. The molecule has 0 saturated heterocycles. The van der Waals surface area contributed by atoms with Crippen molar-refractivity contribution in [2.24, 2.45) is 0 Å². The predicted molar refractivity (Wildman–Crippen MR) is 184 cm³/mol. The summed E-state index contributed by atoms with van der Waals surface area (Å²) in [5.74, 6) is 0. The van der Waals surface area contributed by atoms with Crippen LogP contribution in [-0.4, -0.2) is 4.98 Å². The first kappa shape index (κ1) is 24.6. The van der Waals surface area contributed by atoms with Gasteiger partial charge in [-0.2, -0.15) is 0 Å². The predicted octanol–water partition coefficient (Wildman–Crippen LogP) is 11.6. The number of nitrogens with zero attached hydrogens (tertiary/aromatic N) is 2. The van der Waals surface area contributed by atoms with Crippen LogP contribution in [0.5, 0.6) is 0 Å². The van der Waals surface area contributed by atoms with E-state index in [0.29, 0.717) is 0 Å². The second kappa shape index (κ2) is 9.82. The Bertz CT molecular complexity index is 2490. The van der Waals surface area contributed by atoms with Gasteiger partial charge < -0.3 is 9.32 Å². The van der Waals surface area contributed by atoms with E-state index >= 15 is 0 Å². The summed E-state index contributed by atoms with van der Waals surface area (Å²) in [6.45, 7) is 0. The maximum absolute atomic E-state index is 6.44. The first-order chi connectivity index (χ1) is 21.8. The molecule has 0 amide bonds. The van der Waals surface area contributed by atoms with Crippen LogP contribution in [0.2, 0.25) is 0 Å². The van der Waals surface area contributed by atoms with Crippen molar-refractivity contribution in [3.05, 3.63) is 158 Å². The van der Waals surface area contributed by atoms with Gasteiger partial charge in [-0.3, -0.25) is 4.98 Å². The molecule has 0 aliphatic heterocycles. The summed E-state index contributed by atoms with van der Waals surface area (Å²) in [4.78, 5) is 6.62. The molecular formula is C41H26N2O. The second-order valence-electron chi connectivity index (χ2n) is 11.2. The third-order valence-corrected chi connectivity index (χ3v) is 8.72. The number of para-hydroxylation sites is 2. The van der Waals surface area contributed by atoms with Crippen LogP contribution >= 0.6 is 0 Å². The minimum absolute atomic E-state index is 0.835. The summed E-state index contributed by atoms with van der Waals surface area (Å²) >= 11 is 0. The Hall–Kier alpha value is -5.93. The van der Waals surface area contributed by atoms with Gasteiger partial charge in [-0.05, 0) is 85.9 Å². The molecule has 0 N–H and O–H groups in total. The average molecular weight is 563 g/mol. The fraction of sp³-hybridized carbons (Fsp3) is 0. The van der Waals surface area contributed by atoms with Crippen molar-refractivity contribution in [3.63, 3.8) is 0 Å². The molecule has 44 heavy (non-hydrogen) atoms. The molecule has 0 aliphatic carbocycles. The molecule has 0 saturated carbocycles. The van der Waals surface area contributed by atoms with Crippen LogP contribution in [0.15, 0.2) is 162 Å². The van der Waals surface area contributed by atoms with Crippen molar-refractivity contribution < 1.29 is 4.42 Å². The number of hydrogen-bond donors (Lipinski definition) is 0. The lowest BCUT2D eigenvalue weighted by Gasteiger charge is -2.25. The zero-order valence-electron chi connectivity index (χ0n) is 23.8. The van der Waals surface area contributed by atoms with Crippen LogP contribution in [0.3, 0.4) is 0 Å². The molecule has 3 nitrogen and oxygen atoms in total. The van der Waals surface area contributed by atoms with Crippen molar-refractivity contribution in [2.75, 3.05) is 4.90 Å². The molecule has 0 radical (unpaired) electrons. The maximum Gasteiger partial charge on any atom is 0.159 e. The molecule has 2 aromatic heterocycles. The quantitative estimate of drug-likeness (QED) is 0.200. The molecule has 9 rings (SSSR count). The van der Waals surface area contributed by atoms with Crippen LogP contribution in [0.25, 0.3) is 65.4 Å². The zero-order valence-corrected chi connectivity index (χ0v) is 23.8. The number of benzene rings is 7. The minimum Gasteiger partial charge on any atom is -0.454 e. The monoisotopic (exact) mass is 562 g/mol. The Labute approximate surface area is 254 Å². The van der Waals surface area contributed by atoms with Gasteiger partial charge in [-0.25, -0.2) is 0 Å². The minimum atomic E-state index is 0.835. The number of fused-ring (bicyclic) bond motifs is 8. The van der Waals surface area contributed by atoms with E-state index in [1.807, 2.05) is 18.3 Å². The SMILES string of the molecule is c1ccc(N(c2ccc(-c3cc4ccc5ccccc5c4c4ccccc34)cc2)c2cccc3c2oc2ccncc23)cc1. The molecule has 0 unspecified atom stereocenters. The largest absolute Gasteiger partial charge is 0.454 e. The first-order valence-electron chi connectivity index (χ1n) is 14.9. The Morgan fingerprint density at radius 1 is 0.500 bits per heavy atom. The molecule has 0 aliphatic rings. The van der Waals surface area contributed by atoms with Crippen molar-refractivity contribution in [2.45, 2.75) is 0 Å². The van der Waals surface area contributed by atoms with Gasteiger partial charge in [0.15, 0.2) is 5.58 Å². The van der Waals surface area contributed by atoms with E-state index in [4.69, 9.17) is 4.42 Å². The summed E-state index contributed by atoms with van der Waals surface area (Å²) in [5, 5.41) is 9.71. The lowest BCUT2D eigenvalue weighted by atomic mass is 9.91. The fourth-order valence-corrected chi connectivity index (χ4v) is 6.71. The van der Waals surface area contributed by atoms with E-state index in [-0.39, 0.29) is 0 Å². The van der Waals surface area contributed by atoms with Crippen LogP contribution in [-0.2, 0) is 0 Å². The van der Waals surface area contributed by atoms with Gasteiger partial charge in [0.1, 0.15) is 5.58 Å². The summed E-state index contributed by atoms with van der Waals surface area (Å²) in [7, 11) is 0. The molecule has 0 bridgehead atoms. The Balaban J connectivity index is 1.22. The second-order valence-corrected chi connectivity index (χ2v) is 11.2. The number of furan rings is 1. The fourth-order valence-electron chi connectivity index (χ4n) is 6.71. The lowest BCUT2D eigenvalue weighted by molar-refractivity contribution is 0.668.